The summed E-state index contributed by atoms with van der Waals surface area (Å²) >= 11 is 0. The zero-order valence-electron chi connectivity index (χ0n) is 10.3. The minimum absolute atomic E-state index is 0.218. The number of hydrogen-bond acceptors (Lipinski definition) is 3. The number of para-hydroxylation sites is 1. The summed E-state index contributed by atoms with van der Waals surface area (Å²) in [5.41, 5.74) is 1.48. The topological polar surface area (TPSA) is 59.4 Å². The van der Waals surface area contributed by atoms with Crippen molar-refractivity contribution in [2.24, 2.45) is 0 Å². The molecule has 94 valence electrons. The van der Waals surface area contributed by atoms with Crippen LogP contribution in [-0.2, 0) is 0 Å². The molecular weight excluding hydrogens is 242 g/mol. The third-order valence-electron chi connectivity index (χ3n) is 3.08. The second-order valence-corrected chi connectivity index (χ2v) is 4.23. The highest BCUT2D eigenvalue weighted by atomic mass is 16.5. The molecule has 0 aliphatic carbocycles. The van der Waals surface area contributed by atoms with Crippen molar-refractivity contribution in [3.8, 4) is 5.75 Å². The lowest BCUT2D eigenvalue weighted by atomic mass is 10.1. The number of pyridine rings is 1. The summed E-state index contributed by atoms with van der Waals surface area (Å²) in [5.74, 6) is -0.214. The van der Waals surface area contributed by atoms with Crippen molar-refractivity contribution in [3.05, 3.63) is 48.0 Å². The lowest BCUT2D eigenvalue weighted by Crippen LogP contribution is -1.98. The van der Waals surface area contributed by atoms with Crippen molar-refractivity contribution in [1.29, 1.82) is 0 Å². The second kappa shape index (κ2) is 4.24. The molecule has 3 rings (SSSR count). The highest BCUT2D eigenvalue weighted by Gasteiger charge is 2.10. The van der Waals surface area contributed by atoms with Gasteiger partial charge >= 0.3 is 5.97 Å². The number of carboxylic acids is 1. The van der Waals surface area contributed by atoms with Gasteiger partial charge in [0.2, 0.25) is 0 Å². The highest BCUT2D eigenvalue weighted by Crippen LogP contribution is 2.25. The van der Waals surface area contributed by atoms with Crippen LogP contribution in [0.2, 0.25) is 0 Å². The summed E-state index contributed by atoms with van der Waals surface area (Å²) in [6.45, 7) is 0. The maximum atomic E-state index is 11.2. The van der Waals surface area contributed by atoms with E-state index in [2.05, 4.69) is 4.98 Å². The number of carbonyl (C=O) groups is 1. The fraction of sp³-hybridized carbons (Fsp3) is 0.0667. The van der Waals surface area contributed by atoms with Gasteiger partial charge < -0.3 is 9.84 Å². The summed E-state index contributed by atoms with van der Waals surface area (Å²) < 4.78 is 5.17. The molecule has 19 heavy (non-hydrogen) atoms. The van der Waals surface area contributed by atoms with E-state index in [1.165, 1.54) is 0 Å². The number of benzene rings is 2. The Morgan fingerprint density at radius 2 is 2.00 bits per heavy atom. The summed E-state index contributed by atoms with van der Waals surface area (Å²) in [7, 11) is 1.61. The number of aromatic nitrogens is 1. The first-order chi connectivity index (χ1) is 9.19. The van der Waals surface area contributed by atoms with E-state index in [0.29, 0.717) is 5.52 Å². The van der Waals surface area contributed by atoms with Crippen molar-refractivity contribution in [1.82, 2.24) is 4.98 Å². The van der Waals surface area contributed by atoms with Crippen LogP contribution in [0.15, 0.2) is 42.5 Å². The van der Waals surface area contributed by atoms with Gasteiger partial charge in [0.15, 0.2) is 0 Å². The molecule has 0 fully saturated rings. The van der Waals surface area contributed by atoms with Gasteiger partial charge in [-0.25, -0.2) is 9.78 Å². The summed E-state index contributed by atoms with van der Waals surface area (Å²) in [5, 5.41) is 10.9. The molecule has 1 N–H and O–H groups in total. The number of fused-ring (bicyclic) bond motifs is 2. The first-order valence-electron chi connectivity index (χ1n) is 5.80. The normalized spacial score (nSPS) is 10.8. The van der Waals surface area contributed by atoms with Gasteiger partial charge in [-0.3, -0.25) is 0 Å². The van der Waals surface area contributed by atoms with E-state index in [9.17, 15) is 9.90 Å². The molecule has 0 unspecified atom stereocenters. The quantitative estimate of drug-likeness (QED) is 0.713. The molecule has 0 atom stereocenters. The molecule has 0 amide bonds. The fourth-order valence-corrected chi connectivity index (χ4v) is 2.14. The third-order valence-corrected chi connectivity index (χ3v) is 3.08. The Hall–Kier alpha value is -2.62. The number of aromatic carboxylic acids is 1. The Morgan fingerprint density at radius 3 is 2.74 bits per heavy atom. The van der Waals surface area contributed by atoms with Gasteiger partial charge in [0, 0.05) is 10.8 Å². The number of rotatable bonds is 2. The van der Waals surface area contributed by atoms with Crippen molar-refractivity contribution in [2.75, 3.05) is 7.11 Å². The molecule has 0 bridgehead atoms. The average molecular weight is 253 g/mol. The molecule has 4 nitrogen and oxygen atoms in total. The number of hydrogen-bond donors (Lipinski definition) is 1. The van der Waals surface area contributed by atoms with Crippen LogP contribution < -0.4 is 4.74 Å². The van der Waals surface area contributed by atoms with E-state index in [-0.39, 0.29) is 5.56 Å². The van der Waals surface area contributed by atoms with Gasteiger partial charge in [-0.05, 0) is 30.3 Å². The van der Waals surface area contributed by atoms with Crippen molar-refractivity contribution in [2.45, 2.75) is 0 Å². The molecule has 0 spiro atoms. The lowest BCUT2D eigenvalue weighted by molar-refractivity contribution is 0.0699. The first-order valence-corrected chi connectivity index (χ1v) is 5.80. The van der Waals surface area contributed by atoms with E-state index in [1.54, 1.807) is 19.2 Å². The largest absolute Gasteiger partial charge is 0.497 e. The molecule has 0 radical (unpaired) electrons. The Morgan fingerprint density at radius 1 is 1.16 bits per heavy atom. The zero-order chi connectivity index (χ0) is 13.4. The van der Waals surface area contributed by atoms with Crippen LogP contribution in [0.4, 0.5) is 0 Å². The van der Waals surface area contributed by atoms with Gasteiger partial charge in [-0.15, -0.1) is 0 Å². The van der Waals surface area contributed by atoms with Crippen LogP contribution in [0.1, 0.15) is 10.4 Å². The number of carboxylic acid groups (broad SMARTS) is 1. The molecule has 2 aromatic carbocycles. The fourth-order valence-electron chi connectivity index (χ4n) is 2.14. The monoisotopic (exact) mass is 253 g/mol. The summed E-state index contributed by atoms with van der Waals surface area (Å²) in [4.78, 5) is 15.6. The standard InChI is InChI=1S/C15H11NO3/c1-19-11-5-6-13-10(8-11)7-9-3-2-4-12(15(17)18)14(9)16-13/h2-8H,1H3,(H,17,18). The van der Waals surface area contributed by atoms with Gasteiger partial charge in [0.05, 0.1) is 23.7 Å². The lowest BCUT2D eigenvalue weighted by Gasteiger charge is -2.06. The maximum absolute atomic E-state index is 11.2. The highest BCUT2D eigenvalue weighted by molar-refractivity contribution is 6.04. The molecule has 0 aliphatic heterocycles. The van der Waals surface area contributed by atoms with Crippen molar-refractivity contribution >= 4 is 27.8 Å². The number of methoxy groups -OCH3 is 1. The second-order valence-electron chi connectivity index (χ2n) is 4.23. The smallest absolute Gasteiger partial charge is 0.337 e. The van der Waals surface area contributed by atoms with Gasteiger partial charge in [0.25, 0.3) is 0 Å². The summed E-state index contributed by atoms with van der Waals surface area (Å²) in [6, 6.07) is 12.6. The predicted molar refractivity (Wildman–Crippen MR) is 72.8 cm³/mol. The molecule has 1 aromatic heterocycles. The number of ether oxygens (including phenoxy) is 1. The third kappa shape index (κ3) is 1.87. The molecule has 0 saturated heterocycles. The molecule has 4 heteroatoms. The minimum Gasteiger partial charge on any atom is -0.497 e. The van der Waals surface area contributed by atoms with Crippen LogP contribution in [0.3, 0.4) is 0 Å². The van der Waals surface area contributed by atoms with Gasteiger partial charge in [-0.2, -0.15) is 0 Å². The van der Waals surface area contributed by atoms with Crippen LogP contribution >= 0.6 is 0 Å². The van der Waals surface area contributed by atoms with Gasteiger partial charge in [-0.1, -0.05) is 12.1 Å². The van der Waals surface area contributed by atoms with E-state index < -0.39 is 5.97 Å². The molecule has 1 heterocycles. The Balaban J connectivity index is 2.37. The molecule has 3 aromatic rings. The van der Waals surface area contributed by atoms with Crippen LogP contribution in [0, 0.1) is 0 Å². The molecular formula is C15H11NO3. The van der Waals surface area contributed by atoms with Crippen molar-refractivity contribution in [3.63, 3.8) is 0 Å². The van der Waals surface area contributed by atoms with E-state index in [4.69, 9.17) is 4.74 Å². The van der Waals surface area contributed by atoms with E-state index in [0.717, 1.165) is 22.0 Å². The molecule has 0 saturated carbocycles. The van der Waals surface area contributed by atoms with Crippen LogP contribution in [0.5, 0.6) is 5.75 Å². The zero-order valence-corrected chi connectivity index (χ0v) is 10.3. The van der Waals surface area contributed by atoms with Crippen LogP contribution in [-0.4, -0.2) is 23.2 Å². The maximum Gasteiger partial charge on any atom is 0.337 e. The van der Waals surface area contributed by atoms with E-state index >= 15 is 0 Å². The average Bonchev–Trinajstić information content (AvgIpc) is 2.43. The number of nitrogens with zero attached hydrogens (tertiary/aromatic N) is 1. The molecule has 0 aliphatic rings. The predicted octanol–water partition coefficient (Wildman–Crippen LogP) is 3.09. The Bertz CT molecular complexity index is 796. The minimum atomic E-state index is -0.967. The van der Waals surface area contributed by atoms with Gasteiger partial charge in [0.1, 0.15) is 5.75 Å². The van der Waals surface area contributed by atoms with Crippen LogP contribution in [0.25, 0.3) is 21.8 Å². The summed E-state index contributed by atoms with van der Waals surface area (Å²) in [6.07, 6.45) is 0. The SMILES string of the molecule is COc1ccc2nc3c(C(=O)O)cccc3cc2c1. The Labute approximate surface area is 109 Å². The first kappa shape index (κ1) is 11.5. The van der Waals surface area contributed by atoms with E-state index in [1.807, 2.05) is 30.3 Å². The van der Waals surface area contributed by atoms with Crippen molar-refractivity contribution < 1.29 is 14.6 Å². The Kier molecular flexibility index (Phi) is 2.56.